The van der Waals surface area contributed by atoms with Crippen LogP contribution >= 0.6 is 0 Å². The molecule has 0 aliphatic rings. The number of anilines is 3. The molecule has 0 radical (unpaired) electrons. The van der Waals surface area contributed by atoms with E-state index in [9.17, 15) is 0 Å². The zero-order valence-electron chi connectivity index (χ0n) is 19.3. The van der Waals surface area contributed by atoms with E-state index < -0.39 is 0 Å². The van der Waals surface area contributed by atoms with Gasteiger partial charge in [0.15, 0.2) is 0 Å². The van der Waals surface area contributed by atoms with Gasteiger partial charge in [0.1, 0.15) is 0 Å². The van der Waals surface area contributed by atoms with Gasteiger partial charge in [-0.1, -0.05) is 109 Å². The van der Waals surface area contributed by atoms with Gasteiger partial charge >= 0.3 is 0 Å². The molecule has 0 fully saturated rings. The number of benzene rings is 5. The first-order chi connectivity index (χ1) is 16.8. The molecule has 0 atom stereocenters. The molecule has 0 heterocycles. The summed E-state index contributed by atoms with van der Waals surface area (Å²) in [5.41, 5.74) is 9.48. The van der Waals surface area contributed by atoms with Gasteiger partial charge in [0.05, 0.1) is 0 Å². The third-order valence-corrected chi connectivity index (χ3v) is 5.94. The molecule has 34 heavy (non-hydrogen) atoms. The zero-order valence-corrected chi connectivity index (χ0v) is 19.3. The summed E-state index contributed by atoms with van der Waals surface area (Å²) in [7, 11) is 0. The minimum absolute atomic E-state index is 1.13. The van der Waals surface area contributed by atoms with Crippen molar-refractivity contribution in [3.63, 3.8) is 0 Å². The van der Waals surface area contributed by atoms with Gasteiger partial charge in [-0.25, -0.2) is 0 Å². The Morgan fingerprint density at radius 3 is 1.44 bits per heavy atom. The Labute approximate surface area is 202 Å². The maximum atomic E-state index is 2.29. The van der Waals surface area contributed by atoms with Crippen molar-refractivity contribution in [3.05, 3.63) is 162 Å². The largest absolute Gasteiger partial charge is 0.311 e. The molecule has 0 aromatic heterocycles. The van der Waals surface area contributed by atoms with E-state index in [1.807, 2.05) is 0 Å². The Morgan fingerprint density at radius 1 is 0.471 bits per heavy atom. The van der Waals surface area contributed by atoms with E-state index in [1.54, 1.807) is 0 Å². The smallest absolute Gasteiger partial charge is 0.0462 e. The Morgan fingerprint density at radius 2 is 0.912 bits per heavy atom. The zero-order chi connectivity index (χ0) is 23.2. The van der Waals surface area contributed by atoms with Crippen LogP contribution in [-0.2, 0) is 0 Å². The number of hydrogen-bond acceptors (Lipinski definition) is 1. The molecule has 0 saturated heterocycles. The highest BCUT2D eigenvalue weighted by atomic mass is 15.1. The van der Waals surface area contributed by atoms with Crippen molar-refractivity contribution in [1.82, 2.24) is 0 Å². The van der Waals surface area contributed by atoms with Gasteiger partial charge in [0, 0.05) is 17.1 Å². The second-order valence-corrected chi connectivity index (χ2v) is 8.39. The summed E-state index contributed by atoms with van der Waals surface area (Å²) in [6.45, 7) is 2.12. The van der Waals surface area contributed by atoms with Gasteiger partial charge in [0.2, 0.25) is 0 Å². The van der Waals surface area contributed by atoms with Crippen molar-refractivity contribution >= 4 is 28.7 Å². The average Bonchev–Trinajstić information content (AvgIpc) is 2.91. The van der Waals surface area contributed by atoms with E-state index in [0.717, 1.165) is 17.1 Å². The quantitative estimate of drug-likeness (QED) is 0.239. The Kier molecular flexibility index (Phi) is 6.36. The van der Waals surface area contributed by atoms with Crippen LogP contribution in [0.3, 0.4) is 0 Å². The van der Waals surface area contributed by atoms with Crippen molar-refractivity contribution in [3.8, 4) is 0 Å². The minimum Gasteiger partial charge on any atom is -0.311 e. The molecule has 5 aromatic carbocycles. The second kappa shape index (κ2) is 10.1. The maximum Gasteiger partial charge on any atom is 0.0462 e. The number of rotatable bonds is 6. The third kappa shape index (κ3) is 4.84. The molecule has 1 nitrogen and oxygen atoms in total. The van der Waals surface area contributed by atoms with E-state index in [4.69, 9.17) is 0 Å². The van der Waals surface area contributed by atoms with E-state index in [-0.39, 0.29) is 0 Å². The lowest BCUT2D eigenvalue weighted by Gasteiger charge is -2.25. The SMILES string of the molecule is Cc1ccc(/C=C(\c2ccccc2)c2ccc(N(c3ccccc3)c3ccccc3)cc2)cc1. The summed E-state index contributed by atoms with van der Waals surface area (Å²) in [6, 6.07) is 49.2. The topological polar surface area (TPSA) is 3.24 Å². The highest BCUT2D eigenvalue weighted by Gasteiger charge is 2.13. The van der Waals surface area contributed by atoms with Gasteiger partial charge in [-0.05, 0) is 71.7 Å². The van der Waals surface area contributed by atoms with E-state index >= 15 is 0 Å². The number of nitrogens with zero attached hydrogens (tertiary/aromatic N) is 1. The van der Waals surface area contributed by atoms with Crippen molar-refractivity contribution in [1.29, 1.82) is 0 Å². The summed E-state index contributed by atoms with van der Waals surface area (Å²) in [5, 5.41) is 0. The van der Waals surface area contributed by atoms with Crippen LogP contribution in [-0.4, -0.2) is 0 Å². The average molecular weight is 438 g/mol. The van der Waals surface area contributed by atoms with Crippen LogP contribution in [0.4, 0.5) is 17.1 Å². The lowest BCUT2D eigenvalue weighted by atomic mass is 9.95. The summed E-state index contributed by atoms with van der Waals surface area (Å²) in [5.74, 6) is 0. The monoisotopic (exact) mass is 437 g/mol. The highest BCUT2D eigenvalue weighted by molar-refractivity contribution is 5.92. The Bertz CT molecular complexity index is 1310. The first kappa shape index (κ1) is 21.5. The third-order valence-electron chi connectivity index (χ3n) is 5.94. The molecule has 0 saturated carbocycles. The lowest BCUT2D eigenvalue weighted by Crippen LogP contribution is -2.09. The van der Waals surface area contributed by atoms with Crippen LogP contribution in [0, 0.1) is 6.92 Å². The Hall–Kier alpha value is -4.36. The lowest BCUT2D eigenvalue weighted by molar-refractivity contribution is 1.28. The molecule has 164 valence electrons. The normalized spacial score (nSPS) is 11.3. The van der Waals surface area contributed by atoms with E-state index in [0.29, 0.717) is 0 Å². The van der Waals surface area contributed by atoms with Gasteiger partial charge in [0.25, 0.3) is 0 Å². The van der Waals surface area contributed by atoms with Crippen LogP contribution in [0.15, 0.2) is 140 Å². The number of aryl methyl sites for hydroxylation is 1. The first-order valence-corrected chi connectivity index (χ1v) is 11.6. The van der Waals surface area contributed by atoms with Crippen molar-refractivity contribution in [2.24, 2.45) is 0 Å². The first-order valence-electron chi connectivity index (χ1n) is 11.6. The van der Waals surface area contributed by atoms with Crippen LogP contribution in [0.1, 0.15) is 22.3 Å². The summed E-state index contributed by atoms with van der Waals surface area (Å²) in [6.07, 6.45) is 2.27. The molecular formula is C33H27N. The van der Waals surface area contributed by atoms with Gasteiger partial charge < -0.3 is 4.90 Å². The molecule has 1 heteroatoms. The van der Waals surface area contributed by atoms with Crippen LogP contribution in [0.25, 0.3) is 11.6 Å². The number of hydrogen-bond donors (Lipinski definition) is 0. The van der Waals surface area contributed by atoms with Gasteiger partial charge in [-0.2, -0.15) is 0 Å². The van der Waals surface area contributed by atoms with E-state index in [1.165, 1.54) is 27.8 Å². The molecule has 0 N–H and O–H groups in total. The highest BCUT2D eigenvalue weighted by Crippen LogP contribution is 2.35. The summed E-state index contributed by atoms with van der Waals surface area (Å²) in [4.78, 5) is 2.29. The fourth-order valence-electron chi connectivity index (χ4n) is 4.17. The minimum atomic E-state index is 1.13. The summed E-state index contributed by atoms with van der Waals surface area (Å²) < 4.78 is 0. The molecule has 0 aliphatic heterocycles. The fourth-order valence-corrected chi connectivity index (χ4v) is 4.17. The molecule has 5 aromatic rings. The van der Waals surface area contributed by atoms with Gasteiger partial charge in [-0.3, -0.25) is 0 Å². The van der Waals surface area contributed by atoms with Gasteiger partial charge in [-0.15, -0.1) is 0 Å². The van der Waals surface area contributed by atoms with Crippen LogP contribution in [0.2, 0.25) is 0 Å². The standard InChI is InChI=1S/C33H27N/c1-26-17-19-27(20-18-26)25-33(28-11-5-2-6-12-28)29-21-23-32(24-22-29)34(30-13-7-3-8-14-30)31-15-9-4-10-16-31/h2-25H,1H3/b33-25+. The molecule has 0 unspecified atom stereocenters. The molecule has 0 bridgehead atoms. The molecular weight excluding hydrogens is 410 g/mol. The van der Waals surface area contributed by atoms with Crippen LogP contribution < -0.4 is 4.90 Å². The fraction of sp³-hybridized carbons (Fsp3) is 0.0303. The Balaban J connectivity index is 1.57. The van der Waals surface area contributed by atoms with Crippen molar-refractivity contribution < 1.29 is 0 Å². The second-order valence-electron chi connectivity index (χ2n) is 8.39. The predicted molar refractivity (Wildman–Crippen MR) is 146 cm³/mol. The van der Waals surface area contributed by atoms with Crippen molar-refractivity contribution in [2.75, 3.05) is 4.90 Å². The molecule has 0 spiro atoms. The number of para-hydroxylation sites is 2. The predicted octanol–water partition coefficient (Wildman–Crippen LogP) is 9.05. The van der Waals surface area contributed by atoms with Crippen molar-refractivity contribution in [2.45, 2.75) is 6.92 Å². The van der Waals surface area contributed by atoms with E-state index in [2.05, 4.69) is 157 Å². The summed E-state index contributed by atoms with van der Waals surface area (Å²) >= 11 is 0. The maximum absolute atomic E-state index is 2.29. The molecule has 5 rings (SSSR count). The molecule has 0 amide bonds. The van der Waals surface area contributed by atoms with Crippen LogP contribution in [0.5, 0.6) is 0 Å². The molecule has 0 aliphatic carbocycles.